The predicted octanol–water partition coefficient (Wildman–Crippen LogP) is 5.02. The molecule has 10 nitrogen and oxygen atoms in total. The largest absolute Gasteiger partial charge is 0.473 e. The SMILES string of the molecule is COC(=O)c1ccc2nc(CN3CCN(c4cccc(OCc5ccc(C#N)cc5F)n4)C[C@@H]3C)n(Cc3cncs3)c2c1. The number of nitrogens with zero attached hydrogens (tertiary/aromatic N) is 7. The van der Waals surface area contributed by atoms with Crippen LogP contribution in [-0.4, -0.2) is 63.2 Å². The van der Waals surface area contributed by atoms with E-state index in [0.717, 1.165) is 47.2 Å². The second-order valence-electron chi connectivity index (χ2n) is 10.6. The van der Waals surface area contributed by atoms with Crippen LogP contribution >= 0.6 is 11.3 Å². The highest BCUT2D eigenvalue weighted by atomic mass is 32.1. The first-order valence-electron chi connectivity index (χ1n) is 14.1. The topological polar surface area (TPSA) is 109 Å². The Morgan fingerprint density at radius 3 is 2.77 bits per heavy atom. The van der Waals surface area contributed by atoms with Crippen LogP contribution in [-0.2, 0) is 24.4 Å². The highest BCUT2D eigenvalue weighted by Crippen LogP contribution is 2.25. The molecule has 0 N–H and O–H groups in total. The van der Waals surface area contributed by atoms with Crippen LogP contribution < -0.4 is 9.64 Å². The number of esters is 1. The second kappa shape index (κ2) is 12.8. The highest BCUT2D eigenvalue weighted by molar-refractivity contribution is 7.09. The molecule has 4 heterocycles. The fraction of sp³-hybridized carbons (Fsp3) is 0.281. The van der Waals surface area contributed by atoms with E-state index in [-0.39, 0.29) is 24.2 Å². The lowest BCUT2D eigenvalue weighted by atomic mass is 10.1. The number of imidazole rings is 1. The van der Waals surface area contributed by atoms with E-state index in [1.165, 1.54) is 13.2 Å². The fourth-order valence-electron chi connectivity index (χ4n) is 5.36. The number of piperazine rings is 1. The number of benzene rings is 2. The molecule has 5 aromatic rings. The van der Waals surface area contributed by atoms with Crippen molar-refractivity contribution in [3.8, 4) is 11.9 Å². The number of pyridine rings is 1. The average Bonchev–Trinajstić information content (AvgIpc) is 3.69. The number of aromatic nitrogens is 4. The van der Waals surface area contributed by atoms with Gasteiger partial charge in [0, 0.05) is 48.4 Å². The van der Waals surface area contributed by atoms with Crippen molar-refractivity contribution in [1.82, 2.24) is 24.4 Å². The maximum Gasteiger partial charge on any atom is 0.337 e. The average molecular weight is 612 g/mol. The Bertz CT molecular complexity index is 1840. The minimum Gasteiger partial charge on any atom is -0.473 e. The van der Waals surface area contributed by atoms with Crippen molar-refractivity contribution in [3.05, 3.63) is 99.5 Å². The van der Waals surface area contributed by atoms with E-state index in [1.807, 2.05) is 42.0 Å². The zero-order chi connectivity index (χ0) is 30.6. The van der Waals surface area contributed by atoms with E-state index in [9.17, 15) is 9.18 Å². The molecule has 3 aromatic heterocycles. The van der Waals surface area contributed by atoms with Crippen LogP contribution in [0, 0.1) is 17.1 Å². The smallest absolute Gasteiger partial charge is 0.337 e. The first-order chi connectivity index (χ1) is 21.4. The maximum atomic E-state index is 14.3. The minimum atomic E-state index is -0.477. The Balaban J connectivity index is 1.15. The van der Waals surface area contributed by atoms with Crippen LogP contribution in [0.1, 0.15) is 39.1 Å². The number of carbonyl (C=O) groups is 1. The van der Waals surface area contributed by atoms with Gasteiger partial charge in [0.05, 0.1) is 53.9 Å². The number of halogens is 1. The number of ether oxygens (including phenoxy) is 2. The predicted molar refractivity (Wildman–Crippen MR) is 164 cm³/mol. The molecule has 44 heavy (non-hydrogen) atoms. The van der Waals surface area contributed by atoms with Gasteiger partial charge in [-0.1, -0.05) is 12.1 Å². The number of hydrogen-bond acceptors (Lipinski definition) is 10. The van der Waals surface area contributed by atoms with Gasteiger partial charge in [0.2, 0.25) is 5.88 Å². The molecule has 0 unspecified atom stereocenters. The molecule has 1 aliphatic rings. The van der Waals surface area contributed by atoms with Crippen molar-refractivity contribution < 1.29 is 18.7 Å². The summed E-state index contributed by atoms with van der Waals surface area (Å²) in [5, 5.41) is 8.96. The zero-order valence-electron chi connectivity index (χ0n) is 24.3. The Kier molecular flexibility index (Phi) is 8.49. The number of nitriles is 1. The van der Waals surface area contributed by atoms with E-state index in [0.29, 0.717) is 30.1 Å². The van der Waals surface area contributed by atoms with Crippen LogP contribution in [0.2, 0.25) is 0 Å². The number of rotatable bonds is 9. The van der Waals surface area contributed by atoms with Gasteiger partial charge in [-0.3, -0.25) is 9.88 Å². The molecule has 224 valence electrons. The van der Waals surface area contributed by atoms with Crippen molar-refractivity contribution in [2.24, 2.45) is 0 Å². The van der Waals surface area contributed by atoms with Gasteiger partial charge in [0.15, 0.2) is 0 Å². The zero-order valence-corrected chi connectivity index (χ0v) is 25.1. The number of methoxy groups -OCH3 is 1. The second-order valence-corrected chi connectivity index (χ2v) is 11.6. The molecule has 1 aliphatic heterocycles. The van der Waals surface area contributed by atoms with E-state index in [4.69, 9.17) is 19.7 Å². The summed E-state index contributed by atoms with van der Waals surface area (Å²) in [4.78, 5) is 31.8. The molecular formula is C32H30FN7O3S. The molecule has 0 radical (unpaired) electrons. The van der Waals surface area contributed by atoms with Crippen molar-refractivity contribution in [2.75, 3.05) is 31.6 Å². The Hall–Kier alpha value is -4.86. The number of thiazole rings is 1. The van der Waals surface area contributed by atoms with Crippen molar-refractivity contribution in [2.45, 2.75) is 32.7 Å². The number of carbonyl (C=O) groups excluding carboxylic acids is 1. The van der Waals surface area contributed by atoms with Gasteiger partial charge in [-0.05, 0) is 43.3 Å². The third kappa shape index (κ3) is 6.24. The van der Waals surface area contributed by atoms with Crippen molar-refractivity contribution in [1.29, 1.82) is 5.26 Å². The summed E-state index contributed by atoms with van der Waals surface area (Å²) in [6.45, 7) is 5.76. The lowest BCUT2D eigenvalue weighted by molar-refractivity contribution is 0.0601. The van der Waals surface area contributed by atoms with Gasteiger partial charge in [-0.15, -0.1) is 11.3 Å². The molecular weight excluding hydrogens is 581 g/mol. The van der Waals surface area contributed by atoms with Crippen LogP contribution in [0.4, 0.5) is 10.2 Å². The normalized spacial score (nSPS) is 15.3. The Morgan fingerprint density at radius 1 is 1.14 bits per heavy atom. The Labute approximate surface area is 257 Å². The summed E-state index contributed by atoms with van der Waals surface area (Å²) in [7, 11) is 1.38. The molecule has 12 heteroatoms. The summed E-state index contributed by atoms with van der Waals surface area (Å²) in [6.07, 6.45) is 1.86. The summed E-state index contributed by atoms with van der Waals surface area (Å²) >= 11 is 1.58. The molecule has 0 amide bonds. The first-order valence-corrected chi connectivity index (χ1v) is 15.0. The van der Waals surface area contributed by atoms with E-state index in [2.05, 4.69) is 31.3 Å². The van der Waals surface area contributed by atoms with Gasteiger partial charge < -0.3 is 18.9 Å². The summed E-state index contributed by atoms with van der Waals surface area (Å²) in [5.41, 5.74) is 4.63. The fourth-order valence-corrected chi connectivity index (χ4v) is 5.94. The molecule has 1 saturated heterocycles. The summed E-state index contributed by atoms with van der Waals surface area (Å²) in [5.74, 6) is 1.26. The molecule has 0 spiro atoms. The summed E-state index contributed by atoms with van der Waals surface area (Å²) in [6, 6.07) is 17.5. The molecule has 0 bridgehead atoms. The molecule has 0 aliphatic carbocycles. The van der Waals surface area contributed by atoms with Crippen molar-refractivity contribution >= 4 is 34.2 Å². The molecule has 1 atom stereocenters. The van der Waals surface area contributed by atoms with Crippen LogP contribution in [0.5, 0.6) is 5.88 Å². The Morgan fingerprint density at radius 2 is 2.02 bits per heavy atom. The number of anilines is 1. The highest BCUT2D eigenvalue weighted by Gasteiger charge is 2.27. The van der Waals surface area contributed by atoms with Gasteiger partial charge >= 0.3 is 5.97 Å². The van der Waals surface area contributed by atoms with Crippen LogP contribution in [0.25, 0.3) is 11.0 Å². The van der Waals surface area contributed by atoms with Crippen LogP contribution in [0.3, 0.4) is 0 Å². The lowest BCUT2D eigenvalue weighted by Gasteiger charge is -2.40. The van der Waals surface area contributed by atoms with E-state index >= 15 is 0 Å². The molecule has 1 fully saturated rings. The monoisotopic (exact) mass is 611 g/mol. The minimum absolute atomic E-state index is 0.0157. The third-order valence-electron chi connectivity index (χ3n) is 7.75. The van der Waals surface area contributed by atoms with Gasteiger partial charge in [0.25, 0.3) is 0 Å². The van der Waals surface area contributed by atoms with E-state index < -0.39 is 5.82 Å². The number of fused-ring (bicyclic) bond motifs is 1. The van der Waals surface area contributed by atoms with Gasteiger partial charge in [0.1, 0.15) is 24.1 Å². The first kappa shape index (κ1) is 29.2. The quantitative estimate of drug-likeness (QED) is 0.212. The summed E-state index contributed by atoms with van der Waals surface area (Å²) < 4.78 is 27.2. The molecule has 0 saturated carbocycles. The van der Waals surface area contributed by atoms with Gasteiger partial charge in [-0.2, -0.15) is 10.2 Å². The van der Waals surface area contributed by atoms with Crippen molar-refractivity contribution in [3.63, 3.8) is 0 Å². The third-order valence-corrected chi connectivity index (χ3v) is 8.51. The molecule has 6 rings (SSSR count). The molecule has 2 aromatic carbocycles. The van der Waals surface area contributed by atoms with E-state index in [1.54, 1.807) is 35.6 Å². The van der Waals surface area contributed by atoms with Gasteiger partial charge in [-0.25, -0.2) is 14.2 Å². The maximum absolute atomic E-state index is 14.3. The van der Waals surface area contributed by atoms with Crippen LogP contribution in [0.15, 0.2) is 66.3 Å². The number of hydrogen-bond donors (Lipinski definition) is 0. The lowest BCUT2D eigenvalue weighted by Crippen LogP contribution is -2.52. The standard InChI is InChI=1S/C32H30FN7O3S/c1-21-16-39(29-4-3-5-31(37-29)43-19-24-7-6-22(14-34)12-26(24)33)11-10-38(21)18-30-36-27-9-8-23(32(41)42-2)13-28(27)40(30)17-25-15-35-20-44-25/h3-9,12-13,15,20-21H,10-11,16-19H2,1-2H3/t21-/m0/s1.